The van der Waals surface area contributed by atoms with Gasteiger partial charge in [0.25, 0.3) is 0 Å². The van der Waals surface area contributed by atoms with E-state index in [4.69, 9.17) is 26.8 Å². The summed E-state index contributed by atoms with van der Waals surface area (Å²) >= 11 is 6.38. The highest BCUT2D eigenvalue weighted by Gasteiger charge is 2.36. The van der Waals surface area contributed by atoms with E-state index in [-0.39, 0.29) is 28.8 Å². The molecule has 0 saturated heterocycles. The number of H-pyrrole nitrogens is 1. The van der Waals surface area contributed by atoms with E-state index in [1.807, 2.05) is 18.2 Å². The third-order valence-electron chi connectivity index (χ3n) is 4.62. The number of methoxy groups -OCH3 is 1. The standard InChI is InChI=1S/C20H15ClN4O3/c1-27-15-8-10(6-7-14(15)26)16-12(9-22)19(23)28-20-17(16)18(24-25-20)11-4-2-3-5-13(11)21/h2-8,16,26H,23H2,1H3,(H,24,25)/t16-/m0/s1. The van der Waals surface area contributed by atoms with Crippen LogP contribution in [-0.4, -0.2) is 22.4 Å². The van der Waals surface area contributed by atoms with Crippen molar-refractivity contribution in [3.05, 3.63) is 70.1 Å². The van der Waals surface area contributed by atoms with Crippen molar-refractivity contribution < 1.29 is 14.6 Å². The van der Waals surface area contributed by atoms with Crippen molar-refractivity contribution in [2.24, 2.45) is 5.73 Å². The molecule has 2 aromatic carbocycles. The van der Waals surface area contributed by atoms with Crippen LogP contribution in [-0.2, 0) is 0 Å². The predicted octanol–water partition coefficient (Wildman–Crippen LogP) is 3.66. The van der Waals surface area contributed by atoms with E-state index in [9.17, 15) is 10.4 Å². The van der Waals surface area contributed by atoms with Gasteiger partial charge < -0.3 is 20.3 Å². The topological polar surface area (TPSA) is 117 Å². The Hall–Kier alpha value is -3.63. The number of hydrogen-bond donors (Lipinski definition) is 3. The smallest absolute Gasteiger partial charge is 0.244 e. The maximum Gasteiger partial charge on any atom is 0.244 e. The maximum atomic E-state index is 9.95. The van der Waals surface area contributed by atoms with Gasteiger partial charge in [0.05, 0.1) is 24.3 Å². The molecule has 0 radical (unpaired) electrons. The predicted molar refractivity (Wildman–Crippen MR) is 103 cm³/mol. The van der Waals surface area contributed by atoms with Crippen molar-refractivity contribution >= 4 is 11.6 Å². The number of nitrogens with two attached hydrogens (primary N) is 1. The summed E-state index contributed by atoms with van der Waals surface area (Å²) in [4.78, 5) is 0. The van der Waals surface area contributed by atoms with Crippen molar-refractivity contribution in [3.63, 3.8) is 0 Å². The number of aromatic amines is 1. The number of nitrogens with zero attached hydrogens (tertiary/aromatic N) is 2. The zero-order chi connectivity index (χ0) is 19.8. The summed E-state index contributed by atoms with van der Waals surface area (Å²) in [5, 5.41) is 27.4. The average Bonchev–Trinajstić information content (AvgIpc) is 3.11. The van der Waals surface area contributed by atoms with Gasteiger partial charge in [0.2, 0.25) is 11.8 Å². The molecule has 2 heterocycles. The van der Waals surface area contributed by atoms with Crippen molar-refractivity contribution in [3.8, 4) is 34.7 Å². The number of rotatable bonds is 3. The van der Waals surface area contributed by atoms with E-state index in [0.29, 0.717) is 21.8 Å². The second-order valence-corrected chi connectivity index (χ2v) is 6.56. The minimum absolute atomic E-state index is 0.00693. The Morgan fingerprint density at radius 3 is 2.82 bits per heavy atom. The molecule has 1 aromatic heterocycles. The fourth-order valence-electron chi connectivity index (χ4n) is 3.32. The molecule has 1 atom stereocenters. The highest BCUT2D eigenvalue weighted by molar-refractivity contribution is 6.33. The summed E-state index contributed by atoms with van der Waals surface area (Å²) in [7, 11) is 1.46. The Bertz CT molecular complexity index is 1150. The number of allylic oxidation sites excluding steroid dienone is 1. The maximum absolute atomic E-state index is 9.95. The number of benzene rings is 2. The first kappa shape index (κ1) is 17.8. The van der Waals surface area contributed by atoms with E-state index >= 15 is 0 Å². The average molecular weight is 395 g/mol. The van der Waals surface area contributed by atoms with Gasteiger partial charge in [-0.15, -0.1) is 5.10 Å². The highest BCUT2D eigenvalue weighted by atomic mass is 35.5. The van der Waals surface area contributed by atoms with Gasteiger partial charge in [-0.2, -0.15) is 5.26 Å². The zero-order valence-corrected chi connectivity index (χ0v) is 15.5. The van der Waals surface area contributed by atoms with Gasteiger partial charge >= 0.3 is 0 Å². The normalized spacial score (nSPS) is 15.5. The van der Waals surface area contributed by atoms with E-state index in [1.165, 1.54) is 13.2 Å². The molecule has 140 valence electrons. The lowest BCUT2D eigenvalue weighted by Gasteiger charge is -2.24. The number of nitriles is 1. The first-order valence-corrected chi connectivity index (χ1v) is 8.70. The molecule has 4 rings (SSSR count). The van der Waals surface area contributed by atoms with Crippen LogP contribution in [0.1, 0.15) is 17.0 Å². The van der Waals surface area contributed by atoms with Crippen LogP contribution in [0.5, 0.6) is 17.4 Å². The Kier molecular flexibility index (Phi) is 4.34. The molecular formula is C20H15ClN4O3. The minimum Gasteiger partial charge on any atom is -0.504 e. The van der Waals surface area contributed by atoms with Crippen molar-refractivity contribution in [1.29, 1.82) is 5.26 Å². The molecule has 0 amide bonds. The molecule has 0 spiro atoms. The first-order valence-electron chi connectivity index (χ1n) is 8.32. The van der Waals surface area contributed by atoms with Crippen LogP contribution in [0, 0.1) is 11.3 Å². The lowest BCUT2D eigenvalue weighted by atomic mass is 9.83. The van der Waals surface area contributed by atoms with Crippen molar-refractivity contribution in [1.82, 2.24) is 10.2 Å². The van der Waals surface area contributed by atoms with E-state index in [1.54, 1.807) is 18.2 Å². The zero-order valence-electron chi connectivity index (χ0n) is 14.7. The summed E-state index contributed by atoms with van der Waals surface area (Å²) in [6.07, 6.45) is 0. The van der Waals surface area contributed by atoms with Gasteiger partial charge in [-0.1, -0.05) is 35.9 Å². The number of halogens is 1. The van der Waals surface area contributed by atoms with E-state index < -0.39 is 5.92 Å². The van der Waals surface area contributed by atoms with Crippen LogP contribution in [0.15, 0.2) is 53.9 Å². The Morgan fingerprint density at radius 2 is 2.11 bits per heavy atom. The Labute approximate surface area is 165 Å². The van der Waals surface area contributed by atoms with Crippen LogP contribution in [0.25, 0.3) is 11.3 Å². The Morgan fingerprint density at radius 1 is 1.32 bits per heavy atom. The molecule has 0 aliphatic carbocycles. The molecule has 0 fully saturated rings. The van der Waals surface area contributed by atoms with Gasteiger partial charge in [-0.25, -0.2) is 0 Å². The number of phenolic OH excluding ortho intramolecular Hbond substituents is 1. The number of hydrogen-bond acceptors (Lipinski definition) is 6. The second kappa shape index (κ2) is 6.83. The van der Waals surface area contributed by atoms with E-state index in [0.717, 1.165) is 5.56 Å². The van der Waals surface area contributed by atoms with Gasteiger partial charge in [-0.3, -0.25) is 5.10 Å². The molecule has 3 aromatic rings. The quantitative estimate of drug-likeness (QED) is 0.624. The van der Waals surface area contributed by atoms with Gasteiger partial charge in [0.1, 0.15) is 11.6 Å². The van der Waals surface area contributed by atoms with Crippen LogP contribution in [0.4, 0.5) is 0 Å². The molecule has 0 unspecified atom stereocenters. The summed E-state index contributed by atoms with van der Waals surface area (Å²) < 4.78 is 10.8. The minimum atomic E-state index is -0.576. The van der Waals surface area contributed by atoms with Crippen LogP contribution >= 0.6 is 11.6 Å². The molecular weight excluding hydrogens is 380 g/mol. The molecule has 0 saturated carbocycles. The first-order chi connectivity index (χ1) is 13.5. The summed E-state index contributed by atoms with van der Waals surface area (Å²) in [6.45, 7) is 0. The molecule has 4 N–H and O–H groups in total. The number of phenols is 1. The molecule has 1 aliphatic rings. The molecule has 0 bridgehead atoms. The molecule has 7 nitrogen and oxygen atoms in total. The van der Waals surface area contributed by atoms with Crippen LogP contribution in [0.2, 0.25) is 5.02 Å². The van der Waals surface area contributed by atoms with Crippen molar-refractivity contribution in [2.45, 2.75) is 5.92 Å². The number of aromatic nitrogens is 2. The second-order valence-electron chi connectivity index (χ2n) is 6.15. The van der Waals surface area contributed by atoms with Crippen molar-refractivity contribution in [2.75, 3.05) is 7.11 Å². The molecule has 28 heavy (non-hydrogen) atoms. The SMILES string of the molecule is COc1cc([C@H]2C(C#N)=C(N)Oc3n[nH]c(-c4ccccc4Cl)c32)ccc1O. The summed E-state index contributed by atoms with van der Waals surface area (Å²) in [6, 6.07) is 14.3. The monoisotopic (exact) mass is 394 g/mol. The molecule has 1 aliphatic heterocycles. The largest absolute Gasteiger partial charge is 0.504 e. The number of ether oxygens (including phenoxy) is 2. The number of fused-ring (bicyclic) bond motifs is 1. The molecule has 8 heteroatoms. The Balaban J connectivity index is 1.98. The fraction of sp³-hybridized carbons (Fsp3) is 0.100. The van der Waals surface area contributed by atoms with Crippen LogP contribution in [0.3, 0.4) is 0 Å². The third-order valence-corrected chi connectivity index (χ3v) is 4.95. The lowest BCUT2D eigenvalue weighted by Crippen LogP contribution is -2.21. The lowest BCUT2D eigenvalue weighted by molar-refractivity contribution is 0.371. The van der Waals surface area contributed by atoms with Gasteiger partial charge in [-0.05, 0) is 23.8 Å². The fourth-order valence-corrected chi connectivity index (χ4v) is 3.55. The summed E-state index contributed by atoms with van der Waals surface area (Å²) in [5.74, 6) is -0.0577. The number of nitrogens with one attached hydrogen (secondary N) is 1. The van der Waals surface area contributed by atoms with Crippen LogP contribution < -0.4 is 15.2 Å². The summed E-state index contributed by atoms with van der Waals surface area (Å²) in [5.41, 5.74) is 8.88. The highest BCUT2D eigenvalue weighted by Crippen LogP contribution is 2.47. The van der Waals surface area contributed by atoms with E-state index in [2.05, 4.69) is 16.3 Å². The van der Waals surface area contributed by atoms with Gasteiger partial charge in [0, 0.05) is 10.6 Å². The number of aromatic hydroxyl groups is 1. The third kappa shape index (κ3) is 2.71. The van der Waals surface area contributed by atoms with Gasteiger partial charge in [0.15, 0.2) is 11.5 Å².